The van der Waals surface area contributed by atoms with Crippen LogP contribution < -0.4 is 4.90 Å². The third-order valence-electron chi connectivity index (χ3n) is 11.9. The minimum atomic E-state index is -1.28. The van der Waals surface area contributed by atoms with Gasteiger partial charge in [0.2, 0.25) is 23.6 Å². The van der Waals surface area contributed by atoms with Crippen LogP contribution in [0.4, 0.5) is 5.82 Å². The average Bonchev–Trinajstić information content (AvgIpc) is 3.93. The van der Waals surface area contributed by atoms with Gasteiger partial charge in [0, 0.05) is 22.8 Å². The molecule has 12 heteroatoms. The van der Waals surface area contributed by atoms with Crippen LogP contribution in [-0.2, 0) is 39.4 Å². The Morgan fingerprint density at radius 2 is 1.79 bits per heavy atom. The van der Waals surface area contributed by atoms with Gasteiger partial charge in [-0.1, -0.05) is 53.6 Å². The highest BCUT2D eigenvalue weighted by Crippen LogP contribution is 2.64. The quantitative estimate of drug-likeness (QED) is 0.151. The van der Waals surface area contributed by atoms with Crippen molar-refractivity contribution in [2.75, 3.05) is 4.90 Å². The molecule has 0 bridgehead atoms. The number of rotatable bonds is 6. The number of hydrogen-bond acceptors (Lipinski definition) is 8. The summed E-state index contributed by atoms with van der Waals surface area (Å²) < 4.78 is 8.77. The van der Waals surface area contributed by atoms with Gasteiger partial charge in [-0.3, -0.25) is 28.8 Å². The molecule has 0 spiro atoms. The van der Waals surface area contributed by atoms with Gasteiger partial charge in [-0.2, -0.15) is 5.10 Å². The first-order valence-electron chi connectivity index (χ1n) is 17.4. The number of aliphatic hydroxyl groups is 1. The number of halogens is 1. The molecule has 4 aliphatic rings. The van der Waals surface area contributed by atoms with Crippen LogP contribution in [0.3, 0.4) is 0 Å². The SMILES string of the molecule is Cc1c(-c2cc(N3C(=O)[C@@H]4C[C@@H]5C(=CC[C@@H]6C(=O)N(Cc7ccccc7)C(=O)[C@@H]65)[C@H](c5ccc(CO)o5)[C@]4(C)C3=O)n(C)n2)sc2ccc(Cl)cc12. The van der Waals surface area contributed by atoms with Crippen LogP contribution in [0.2, 0.25) is 5.02 Å². The molecular formula is C40H35ClN4O6S. The Balaban J connectivity index is 1.12. The fraction of sp³-hybridized carbons (Fsp3) is 0.325. The number of carbonyl (C=O) groups excluding carboxylic acids is 4. The van der Waals surface area contributed by atoms with E-state index in [1.165, 1.54) is 9.80 Å². The van der Waals surface area contributed by atoms with E-state index in [0.29, 0.717) is 34.5 Å². The second-order valence-corrected chi connectivity index (χ2v) is 16.1. The summed E-state index contributed by atoms with van der Waals surface area (Å²) in [4.78, 5) is 61.3. The first kappa shape index (κ1) is 33.0. The summed E-state index contributed by atoms with van der Waals surface area (Å²) >= 11 is 7.87. The molecule has 3 fully saturated rings. The molecule has 2 aliphatic carbocycles. The predicted molar refractivity (Wildman–Crippen MR) is 195 cm³/mol. The Kier molecular flexibility index (Phi) is 7.52. The summed E-state index contributed by atoms with van der Waals surface area (Å²) in [5.74, 6) is -3.30. The summed E-state index contributed by atoms with van der Waals surface area (Å²) in [6, 6.07) is 20.4. The molecule has 1 N–H and O–H groups in total. The highest BCUT2D eigenvalue weighted by molar-refractivity contribution is 7.22. The molecule has 6 atom stereocenters. The molecule has 264 valence electrons. The van der Waals surface area contributed by atoms with Gasteiger partial charge in [-0.15, -0.1) is 11.3 Å². The molecule has 4 amide bonds. The molecule has 1 saturated carbocycles. The molecule has 2 saturated heterocycles. The minimum Gasteiger partial charge on any atom is -0.463 e. The van der Waals surface area contributed by atoms with Gasteiger partial charge in [0.15, 0.2) is 0 Å². The Bertz CT molecular complexity index is 2380. The Morgan fingerprint density at radius 3 is 2.54 bits per heavy atom. The summed E-state index contributed by atoms with van der Waals surface area (Å²) in [7, 11) is 1.72. The predicted octanol–water partition coefficient (Wildman–Crippen LogP) is 6.78. The number of carbonyl (C=O) groups is 4. The smallest absolute Gasteiger partial charge is 0.242 e. The summed E-state index contributed by atoms with van der Waals surface area (Å²) in [5.41, 5.74) is 2.05. The molecule has 9 rings (SSSR count). The minimum absolute atomic E-state index is 0.177. The lowest BCUT2D eigenvalue weighted by molar-refractivity contribution is -0.141. The zero-order valence-electron chi connectivity index (χ0n) is 28.7. The second-order valence-electron chi connectivity index (χ2n) is 14.6. The standard InChI is InChI=1S/C40H35ClN4O6S/c1-20-26-15-22(41)9-14-31(26)52-35(20)29-17-32(43(3)42-29)45-37(48)28-16-27-24(34(40(28,2)39(45)50)30-13-10-23(19-46)51-30)11-12-25-33(27)38(49)44(36(25)47)18-21-7-5-4-6-8-21/h4-11,13-15,17,25,27-28,33-34,46H,12,16,18-19H2,1-3H3/t25-,27+,28-,33-,34+,40+/m0/s1. The van der Waals surface area contributed by atoms with Gasteiger partial charge in [0.25, 0.3) is 0 Å². The number of nitrogens with zero attached hydrogens (tertiary/aromatic N) is 4. The first-order valence-corrected chi connectivity index (χ1v) is 18.6. The number of aliphatic hydroxyl groups excluding tert-OH is 1. The highest BCUT2D eigenvalue weighted by Gasteiger charge is 2.68. The van der Waals surface area contributed by atoms with E-state index in [1.807, 2.05) is 68.5 Å². The number of benzene rings is 2. The van der Waals surface area contributed by atoms with Crippen LogP contribution >= 0.6 is 22.9 Å². The number of aryl methyl sites for hydroxylation is 2. The van der Waals surface area contributed by atoms with E-state index >= 15 is 0 Å². The number of allylic oxidation sites excluding steroid dienone is 2. The maximum atomic E-state index is 15.0. The number of amides is 4. The van der Waals surface area contributed by atoms with Gasteiger partial charge in [0.05, 0.1) is 40.5 Å². The average molecular weight is 735 g/mol. The van der Waals surface area contributed by atoms with Gasteiger partial charge in [0.1, 0.15) is 29.6 Å². The topological polar surface area (TPSA) is 126 Å². The van der Waals surface area contributed by atoms with Crippen molar-refractivity contribution in [1.29, 1.82) is 0 Å². The number of fused-ring (bicyclic) bond motifs is 5. The summed E-state index contributed by atoms with van der Waals surface area (Å²) in [5, 5.41) is 16.4. The number of thiophene rings is 1. The van der Waals surface area contributed by atoms with Crippen LogP contribution in [0.25, 0.3) is 20.7 Å². The van der Waals surface area contributed by atoms with Gasteiger partial charge in [-0.05, 0) is 79.5 Å². The van der Waals surface area contributed by atoms with Crippen molar-refractivity contribution in [3.8, 4) is 10.6 Å². The van der Waals surface area contributed by atoms with Crippen LogP contribution in [-0.4, -0.2) is 43.4 Å². The molecule has 2 aromatic carbocycles. The molecule has 2 aliphatic heterocycles. The monoisotopic (exact) mass is 734 g/mol. The summed E-state index contributed by atoms with van der Waals surface area (Å²) in [6.45, 7) is 3.67. The fourth-order valence-electron chi connectivity index (χ4n) is 9.37. The van der Waals surface area contributed by atoms with E-state index in [0.717, 1.165) is 31.7 Å². The third-order valence-corrected chi connectivity index (χ3v) is 13.4. The van der Waals surface area contributed by atoms with Crippen molar-refractivity contribution in [3.05, 3.63) is 106 Å². The molecular weight excluding hydrogens is 700 g/mol. The van der Waals surface area contributed by atoms with E-state index in [-0.39, 0.29) is 43.2 Å². The van der Waals surface area contributed by atoms with Crippen molar-refractivity contribution in [1.82, 2.24) is 14.7 Å². The van der Waals surface area contributed by atoms with Crippen molar-refractivity contribution >= 4 is 62.5 Å². The molecule has 3 aromatic heterocycles. The highest BCUT2D eigenvalue weighted by atomic mass is 35.5. The largest absolute Gasteiger partial charge is 0.463 e. The van der Waals surface area contributed by atoms with Crippen molar-refractivity contribution in [3.63, 3.8) is 0 Å². The molecule has 0 unspecified atom stereocenters. The molecule has 5 aromatic rings. The lowest BCUT2D eigenvalue weighted by Gasteiger charge is -2.48. The second kappa shape index (κ2) is 11.8. The fourth-order valence-corrected chi connectivity index (χ4v) is 10.7. The Hall–Kier alpha value is -4.84. The van der Waals surface area contributed by atoms with Crippen molar-refractivity contribution in [2.24, 2.45) is 36.1 Å². The number of imide groups is 2. The third kappa shape index (κ3) is 4.61. The lowest BCUT2D eigenvalue weighted by atomic mass is 9.52. The van der Waals surface area contributed by atoms with E-state index in [9.17, 15) is 24.3 Å². The van der Waals surface area contributed by atoms with Crippen LogP contribution in [0.5, 0.6) is 0 Å². The number of aromatic nitrogens is 2. The maximum absolute atomic E-state index is 15.0. The molecule has 0 radical (unpaired) electrons. The first-order chi connectivity index (χ1) is 25.0. The zero-order chi connectivity index (χ0) is 36.2. The Morgan fingerprint density at radius 1 is 1.00 bits per heavy atom. The normalized spacial score (nSPS) is 27.0. The van der Waals surface area contributed by atoms with Crippen molar-refractivity contribution in [2.45, 2.75) is 45.8 Å². The van der Waals surface area contributed by atoms with E-state index < -0.39 is 35.0 Å². The molecule has 52 heavy (non-hydrogen) atoms. The van der Waals surface area contributed by atoms with Crippen molar-refractivity contribution < 1.29 is 28.7 Å². The van der Waals surface area contributed by atoms with Gasteiger partial charge in [-0.25, -0.2) is 4.90 Å². The number of furan rings is 1. The van der Waals surface area contributed by atoms with Crippen LogP contribution in [0.1, 0.15) is 48.3 Å². The lowest BCUT2D eigenvalue weighted by Crippen LogP contribution is -2.48. The number of hydrogen-bond donors (Lipinski definition) is 1. The van der Waals surface area contributed by atoms with E-state index in [1.54, 1.807) is 41.3 Å². The van der Waals surface area contributed by atoms with E-state index in [2.05, 4.69) is 0 Å². The zero-order valence-corrected chi connectivity index (χ0v) is 30.3. The molecule has 10 nitrogen and oxygen atoms in total. The number of likely N-dealkylation sites (tertiary alicyclic amines) is 1. The van der Waals surface area contributed by atoms with Gasteiger partial charge < -0.3 is 9.52 Å². The number of anilines is 1. The van der Waals surface area contributed by atoms with Crippen LogP contribution in [0, 0.1) is 36.0 Å². The van der Waals surface area contributed by atoms with E-state index in [4.69, 9.17) is 21.1 Å². The Labute approximate surface area is 308 Å². The maximum Gasteiger partial charge on any atom is 0.242 e. The van der Waals surface area contributed by atoms with Crippen LogP contribution in [0.15, 0.2) is 82.8 Å². The summed E-state index contributed by atoms with van der Waals surface area (Å²) in [6.07, 6.45) is 2.57. The molecule has 5 heterocycles. The van der Waals surface area contributed by atoms with Gasteiger partial charge >= 0.3 is 0 Å².